The van der Waals surface area contributed by atoms with Crippen LogP contribution in [0, 0.1) is 0 Å². The first-order valence-electron chi connectivity index (χ1n) is 10.7. The Morgan fingerprint density at radius 2 is 1.87 bits per heavy atom. The van der Waals surface area contributed by atoms with E-state index in [-0.39, 0.29) is 24.3 Å². The van der Waals surface area contributed by atoms with Crippen molar-refractivity contribution in [2.75, 3.05) is 13.3 Å². The maximum absolute atomic E-state index is 13.5. The standard InChI is InChI=1S/C23H29N3O4/c1-4-25(17-8-6-5-7-9-17)22(28)23(2,3)26-21(27)13-11-18(24-26)16-10-12-19-20(14-16)30-15-29-19/h10-14,17H,4-9,15H2,1-3H3. The minimum absolute atomic E-state index is 0.0608. The maximum atomic E-state index is 13.5. The second-order valence-electron chi connectivity index (χ2n) is 8.48. The highest BCUT2D eigenvalue weighted by Gasteiger charge is 2.38. The average molecular weight is 412 g/mol. The molecular weight excluding hydrogens is 382 g/mol. The minimum atomic E-state index is -1.09. The Hall–Kier alpha value is -2.83. The van der Waals surface area contributed by atoms with Gasteiger partial charge in [-0.15, -0.1) is 0 Å². The second kappa shape index (κ2) is 8.13. The van der Waals surface area contributed by atoms with Crippen molar-refractivity contribution in [1.29, 1.82) is 0 Å². The van der Waals surface area contributed by atoms with Gasteiger partial charge < -0.3 is 14.4 Å². The van der Waals surface area contributed by atoms with E-state index in [0.29, 0.717) is 23.7 Å². The molecule has 7 heteroatoms. The molecule has 1 aromatic carbocycles. The molecule has 0 N–H and O–H groups in total. The molecule has 0 spiro atoms. The van der Waals surface area contributed by atoms with Gasteiger partial charge in [-0.25, -0.2) is 4.68 Å². The first-order chi connectivity index (χ1) is 14.4. The van der Waals surface area contributed by atoms with Gasteiger partial charge in [-0.05, 0) is 57.9 Å². The Labute approximate surface area is 176 Å². The fraction of sp³-hybridized carbons (Fsp3) is 0.522. The molecule has 0 bridgehead atoms. The second-order valence-corrected chi connectivity index (χ2v) is 8.48. The van der Waals surface area contributed by atoms with Gasteiger partial charge in [0.2, 0.25) is 12.7 Å². The zero-order valence-electron chi connectivity index (χ0n) is 17.9. The molecular formula is C23H29N3O4. The molecule has 7 nitrogen and oxygen atoms in total. The lowest BCUT2D eigenvalue weighted by atomic mass is 9.92. The number of fused-ring (bicyclic) bond motifs is 1. The van der Waals surface area contributed by atoms with Crippen LogP contribution in [0.5, 0.6) is 11.5 Å². The lowest BCUT2D eigenvalue weighted by Crippen LogP contribution is -2.54. The highest BCUT2D eigenvalue weighted by molar-refractivity contribution is 5.84. The van der Waals surface area contributed by atoms with E-state index < -0.39 is 5.54 Å². The van der Waals surface area contributed by atoms with Crippen LogP contribution in [0.1, 0.15) is 52.9 Å². The summed E-state index contributed by atoms with van der Waals surface area (Å²) in [5.41, 5.74) is 0.0274. The highest BCUT2D eigenvalue weighted by Crippen LogP contribution is 2.35. The molecule has 0 unspecified atom stereocenters. The molecule has 1 amide bonds. The maximum Gasteiger partial charge on any atom is 0.267 e. The lowest BCUT2D eigenvalue weighted by molar-refractivity contribution is -0.142. The van der Waals surface area contributed by atoms with Crippen molar-refractivity contribution in [3.8, 4) is 22.8 Å². The van der Waals surface area contributed by atoms with Crippen LogP contribution >= 0.6 is 0 Å². The highest BCUT2D eigenvalue weighted by atomic mass is 16.7. The number of hydrogen-bond donors (Lipinski definition) is 0. The van der Waals surface area contributed by atoms with Crippen LogP contribution in [0.2, 0.25) is 0 Å². The van der Waals surface area contributed by atoms with Crippen LogP contribution in [0.4, 0.5) is 0 Å². The zero-order valence-corrected chi connectivity index (χ0v) is 17.9. The number of carbonyl (C=O) groups is 1. The molecule has 30 heavy (non-hydrogen) atoms. The Balaban J connectivity index is 1.67. The molecule has 2 aromatic rings. The summed E-state index contributed by atoms with van der Waals surface area (Å²) in [5.74, 6) is 1.28. The third kappa shape index (κ3) is 3.68. The lowest BCUT2D eigenvalue weighted by Gasteiger charge is -2.38. The number of hydrogen-bond acceptors (Lipinski definition) is 5. The minimum Gasteiger partial charge on any atom is -0.454 e. The number of likely N-dealkylation sites (N-methyl/N-ethyl adjacent to an activating group) is 1. The van der Waals surface area contributed by atoms with E-state index in [1.54, 1.807) is 19.9 Å². The van der Waals surface area contributed by atoms with Gasteiger partial charge in [0.1, 0.15) is 5.54 Å². The number of carbonyl (C=O) groups excluding carboxylic acids is 1. The van der Waals surface area contributed by atoms with Crippen molar-refractivity contribution in [2.24, 2.45) is 0 Å². The quantitative estimate of drug-likeness (QED) is 0.752. The average Bonchev–Trinajstić information content (AvgIpc) is 3.23. The van der Waals surface area contributed by atoms with E-state index in [4.69, 9.17) is 9.47 Å². The molecule has 0 saturated heterocycles. The van der Waals surface area contributed by atoms with E-state index in [1.807, 2.05) is 30.0 Å². The van der Waals surface area contributed by atoms with Gasteiger partial charge in [-0.3, -0.25) is 9.59 Å². The van der Waals surface area contributed by atoms with Gasteiger partial charge in [0, 0.05) is 24.2 Å². The van der Waals surface area contributed by atoms with Crippen molar-refractivity contribution < 1.29 is 14.3 Å². The van der Waals surface area contributed by atoms with E-state index in [9.17, 15) is 9.59 Å². The van der Waals surface area contributed by atoms with Gasteiger partial charge in [0.25, 0.3) is 5.56 Å². The summed E-state index contributed by atoms with van der Waals surface area (Å²) in [4.78, 5) is 28.2. The zero-order chi connectivity index (χ0) is 21.3. The molecule has 160 valence electrons. The van der Waals surface area contributed by atoms with Crippen molar-refractivity contribution in [2.45, 2.75) is 64.5 Å². The topological polar surface area (TPSA) is 73.7 Å². The smallest absolute Gasteiger partial charge is 0.267 e. The van der Waals surface area contributed by atoms with Crippen molar-refractivity contribution >= 4 is 5.91 Å². The van der Waals surface area contributed by atoms with Crippen LogP contribution < -0.4 is 15.0 Å². The van der Waals surface area contributed by atoms with E-state index in [2.05, 4.69) is 5.10 Å². The van der Waals surface area contributed by atoms with Gasteiger partial charge in [0.05, 0.1) is 5.69 Å². The molecule has 1 fully saturated rings. The molecule has 2 heterocycles. The van der Waals surface area contributed by atoms with Crippen LogP contribution in [0.25, 0.3) is 11.3 Å². The molecule has 1 saturated carbocycles. The van der Waals surface area contributed by atoms with Crippen molar-refractivity contribution in [1.82, 2.24) is 14.7 Å². The summed E-state index contributed by atoms with van der Waals surface area (Å²) in [6, 6.07) is 8.93. The van der Waals surface area contributed by atoms with Gasteiger partial charge >= 0.3 is 0 Å². The van der Waals surface area contributed by atoms with Crippen LogP contribution in [-0.4, -0.2) is 40.0 Å². The van der Waals surface area contributed by atoms with Gasteiger partial charge in [-0.2, -0.15) is 5.10 Å². The summed E-state index contributed by atoms with van der Waals surface area (Å²) in [7, 11) is 0. The molecule has 2 aliphatic rings. The fourth-order valence-electron chi connectivity index (χ4n) is 4.42. The Morgan fingerprint density at radius 3 is 2.60 bits per heavy atom. The number of amides is 1. The fourth-order valence-corrected chi connectivity index (χ4v) is 4.42. The number of benzene rings is 1. The van der Waals surface area contributed by atoms with Crippen LogP contribution in [-0.2, 0) is 10.3 Å². The Bertz CT molecular complexity index is 992. The summed E-state index contributed by atoms with van der Waals surface area (Å²) < 4.78 is 12.1. The predicted octanol–water partition coefficient (Wildman–Crippen LogP) is 3.56. The summed E-state index contributed by atoms with van der Waals surface area (Å²) in [5, 5.41) is 4.58. The molecule has 0 radical (unpaired) electrons. The third-order valence-corrected chi connectivity index (χ3v) is 6.14. The number of rotatable bonds is 5. The van der Waals surface area contributed by atoms with Gasteiger partial charge in [-0.1, -0.05) is 19.3 Å². The Morgan fingerprint density at radius 1 is 1.13 bits per heavy atom. The summed E-state index contributed by atoms with van der Waals surface area (Å²) in [6.07, 6.45) is 5.56. The summed E-state index contributed by atoms with van der Waals surface area (Å²) >= 11 is 0. The molecule has 1 aliphatic carbocycles. The molecule has 4 rings (SSSR count). The first-order valence-corrected chi connectivity index (χ1v) is 10.7. The number of nitrogens with zero attached hydrogens (tertiary/aromatic N) is 3. The van der Waals surface area contributed by atoms with Gasteiger partial charge in [0.15, 0.2) is 11.5 Å². The largest absolute Gasteiger partial charge is 0.454 e. The molecule has 0 atom stereocenters. The normalized spacial score (nSPS) is 16.5. The predicted molar refractivity (Wildman–Crippen MR) is 114 cm³/mol. The number of ether oxygens (including phenoxy) is 2. The molecule has 1 aromatic heterocycles. The molecule has 1 aliphatic heterocycles. The van der Waals surface area contributed by atoms with Crippen LogP contribution in [0.3, 0.4) is 0 Å². The van der Waals surface area contributed by atoms with E-state index >= 15 is 0 Å². The monoisotopic (exact) mass is 411 g/mol. The SMILES string of the molecule is CCN(C(=O)C(C)(C)n1nc(-c2ccc3c(c2)OCO3)ccc1=O)C1CCCCC1. The number of aromatic nitrogens is 2. The van der Waals surface area contributed by atoms with Crippen molar-refractivity contribution in [3.63, 3.8) is 0 Å². The first kappa shape index (κ1) is 20.4. The van der Waals surface area contributed by atoms with E-state index in [0.717, 1.165) is 31.2 Å². The third-order valence-electron chi connectivity index (χ3n) is 6.14. The van der Waals surface area contributed by atoms with Crippen LogP contribution in [0.15, 0.2) is 35.1 Å². The Kier molecular flexibility index (Phi) is 5.54. The van der Waals surface area contributed by atoms with Crippen molar-refractivity contribution in [3.05, 3.63) is 40.7 Å². The summed E-state index contributed by atoms with van der Waals surface area (Å²) in [6.45, 7) is 6.38. The van der Waals surface area contributed by atoms with E-state index in [1.165, 1.54) is 17.2 Å².